The molecule has 0 heterocycles. The molecule has 40 heavy (non-hydrogen) atoms. The average molecular weight is 583 g/mol. The lowest BCUT2D eigenvalue weighted by atomic mass is 10.0. The Balaban J connectivity index is 1.96. The van der Waals surface area contributed by atoms with E-state index >= 15 is 0 Å². The fourth-order valence-corrected chi connectivity index (χ4v) is 6.45. The van der Waals surface area contributed by atoms with E-state index in [4.69, 9.17) is 9.47 Å². The van der Waals surface area contributed by atoms with Crippen molar-refractivity contribution in [2.24, 2.45) is 11.8 Å². The summed E-state index contributed by atoms with van der Waals surface area (Å²) >= 11 is 0. The number of benzene rings is 2. The van der Waals surface area contributed by atoms with Gasteiger partial charge in [0.25, 0.3) is 0 Å². The summed E-state index contributed by atoms with van der Waals surface area (Å²) in [5.41, 5.74) is 1.92. The molecular weight excluding hydrogens is 537 g/mol. The third-order valence-corrected chi connectivity index (χ3v) is 9.38. The van der Waals surface area contributed by atoms with Crippen LogP contribution < -0.4 is 0 Å². The van der Waals surface area contributed by atoms with Crippen LogP contribution in [0.25, 0.3) is 12.2 Å². The van der Waals surface area contributed by atoms with Crippen LogP contribution in [0.5, 0.6) is 0 Å². The summed E-state index contributed by atoms with van der Waals surface area (Å²) < 4.78 is 11.0. The van der Waals surface area contributed by atoms with E-state index in [1.165, 1.54) is 12.2 Å². The van der Waals surface area contributed by atoms with Crippen LogP contribution in [-0.4, -0.2) is 25.2 Å². The van der Waals surface area contributed by atoms with Crippen molar-refractivity contribution in [2.45, 2.75) is 88.9 Å². The quantitative estimate of drug-likeness (QED) is 0.0933. The van der Waals surface area contributed by atoms with Gasteiger partial charge in [-0.25, -0.2) is 9.59 Å². The van der Waals surface area contributed by atoms with Gasteiger partial charge in [-0.15, -0.1) is 0 Å². The fourth-order valence-electron chi connectivity index (χ4n) is 4.09. The van der Waals surface area contributed by atoms with Gasteiger partial charge in [-0.1, -0.05) is 124 Å². The SMILES string of the molecule is CCCCC(CC)COC(=O)/C=C/c1ccccc1SSc1ccccc1/C=C/C(=O)OCC(CC)CCCC. The maximum atomic E-state index is 12.4. The van der Waals surface area contributed by atoms with E-state index in [1.54, 1.807) is 21.6 Å². The Morgan fingerprint density at radius 1 is 0.675 bits per heavy atom. The lowest BCUT2D eigenvalue weighted by Crippen LogP contribution is -2.12. The molecular formula is C34H46O4S2. The molecule has 2 unspecified atom stereocenters. The summed E-state index contributed by atoms with van der Waals surface area (Å²) in [5.74, 6) is 0.235. The first-order chi connectivity index (χ1) is 19.5. The van der Waals surface area contributed by atoms with Crippen molar-refractivity contribution in [3.63, 3.8) is 0 Å². The topological polar surface area (TPSA) is 52.6 Å². The molecule has 0 saturated heterocycles. The largest absolute Gasteiger partial charge is 0.462 e. The monoisotopic (exact) mass is 582 g/mol. The second kappa shape index (κ2) is 20.4. The summed E-state index contributed by atoms with van der Waals surface area (Å²) in [6, 6.07) is 16.0. The summed E-state index contributed by atoms with van der Waals surface area (Å²) in [7, 11) is 3.24. The molecule has 2 aromatic rings. The molecule has 0 aliphatic rings. The van der Waals surface area contributed by atoms with Crippen LogP contribution in [0.1, 0.15) is 90.2 Å². The molecule has 218 valence electrons. The first-order valence-corrected chi connectivity index (χ1v) is 16.9. The normalized spacial score (nSPS) is 13.0. The Morgan fingerprint density at radius 2 is 1.07 bits per heavy atom. The standard InChI is InChI=1S/C34H46O4S2/c1-5-9-15-27(7-3)25-37-33(35)23-21-29-17-11-13-19-31(29)39-40-32-20-14-12-18-30(32)22-24-34(36)38-26-28(8-4)16-10-6-2/h11-14,17-24,27-28H,5-10,15-16,25-26H2,1-4H3/b23-21+,24-22+. The Morgan fingerprint density at radius 3 is 1.45 bits per heavy atom. The minimum absolute atomic E-state index is 0.305. The number of ether oxygens (including phenoxy) is 2. The van der Waals surface area contributed by atoms with Crippen molar-refractivity contribution >= 4 is 45.7 Å². The molecule has 0 bridgehead atoms. The van der Waals surface area contributed by atoms with Crippen molar-refractivity contribution in [1.29, 1.82) is 0 Å². The molecule has 0 radical (unpaired) electrons. The molecule has 4 nitrogen and oxygen atoms in total. The summed E-state index contributed by atoms with van der Waals surface area (Å²) in [4.78, 5) is 26.8. The minimum atomic E-state index is -0.305. The number of hydrogen-bond donors (Lipinski definition) is 0. The van der Waals surface area contributed by atoms with Crippen molar-refractivity contribution in [2.75, 3.05) is 13.2 Å². The summed E-state index contributed by atoms with van der Waals surface area (Å²) in [6.45, 7) is 9.60. The zero-order valence-electron chi connectivity index (χ0n) is 24.6. The highest BCUT2D eigenvalue weighted by atomic mass is 33.1. The number of esters is 2. The zero-order valence-corrected chi connectivity index (χ0v) is 26.2. The van der Waals surface area contributed by atoms with Crippen molar-refractivity contribution in [1.82, 2.24) is 0 Å². The van der Waals surface area contributed by atoms with Crippen molar-refractivity contribution in [3.05, 3.63) is 71.8 Å². The summed E-state index contributed by atoms with van der Waals surface area (Å²) in [5, 5.41) is 0. The minimum Gasteiger partial charge on any atom is -0.462 e. The zero-order chi connectivity index (χ0) is 29.0. The van der Waals surface area contributed by atoms with Gasteiger partial charge in [-0.3, -0.25) is 0 Å². The van der Waals surface area contributed by atoms with Gasteiger partial charge in [0.2, 0.25) is 0 Å². The van der Waals surface area contributed by atoms with Crippen molar-refractivity contribution < 1.29 is 19.1 Å². The molecule has 0 fully saturated rings. The maximum absolute atomic E-state index is 12.4. The van der Waals surface area contributed by atoms with E-state index in [1.807, 2.05) is 60.7 Å². The molecule has 2 rings (SSSR count). The molecule has 2 atom stereocenters. The van der Waals surface area contributed by atoms with Gasteiger partial charge in [-0.05, 0) is 60.1 Å². The first kappa shape index (κ1) is 33.8. The highest BCUT2D eigenvalue weighted by molar-refractivity contribution is 8.76. The van der Waals surface area contributed by atoms with E-state index < -0.39 is 0 Å². The predicted molar refractivity (Wildman–Crippen MR) is 171 cm³/mol. The lowest BCUT2D eigenvalue weighted by Gasteiger charge is -2.13. The van der Waals surface area contributed by atoms with Gasteiger partial charge in [0.1, 0.15) is 0 Å². The van der Waals surface area contributed by atoms with E-state index in [0.717, 1.165) is 72.3 Å². The highest BCUT2D eigenvalue weighted by Gasteiger charge is 2.11. The van der Waals surface area contributed by atoms with Crippen LogP contribution in [0.15, 0.2) is 70.5 Å². The molecule has 2 aromatic carbocycles. The van der Waals surface area contributed by atoms with Crippen LogP contribution in [0, 0.1) is 11.8 Å². The van der Waals surface area contributed by atoms with Crippen LogP contribution in [0.3, 0.4) is 0 Å². The van der Waals surface area contributed by atoms with Gasteiger partial charge >= 0.3 is 11.9 Å². The van der Waals surface area contributed by atoms with E-state index in [9.17, 15) is 9.59 Å². The molecule has 0 spiro atoms. The van der Waals surface area contributed by atoms with Gasteiger partial charge < -0.3 is 9.47 Å². The van der Waals surface area contributed by atoms with Crippen LogP contribution in [-0.2, 0) is 19.1 Å². The Labute approximate surface area is 249 Å². The third kappa shape index (κ3) is 13.3. The second-order valence-corrected chi connectivity index (χ2v) is 12.2. The maximum Gasteiger partial charge on any atom is 0.330 e. The molecule has 0 aromatic heterocycles. The Bertz CT molecular complexity index is 994. The van der Waals surface area contributed by atoms with Crippen LogP contribution >= 0.6 is 21.6 Å². The second-order valence-electron chi connectivity index (χ2n) is 10.0. The molecule has 0 aliphatic carbocycles. The van der Waals surface area contributed by atoms with E-state index in [-0.39, 0.29) is 11.9 Å². The third-order valence-electron chi connectivity index (χ3n) is 6.87. The molecule has 0 N–H and O–H groups in total. The van der Waals surface area contributed by atoms with E-state index in [0.29, 0.717) is 25.0 Å². The van der Waals surface area contributed by atoms with Gasteiger partial charge in [0.15, 0.2) is 0 Å². The Hall–Kier alpha value is -2.44. The average Bonchev–Trinajstić information content (AvgIpc) is 2.98. The van der Waals surface area contributed by atoms with E-state index in [2.05, 4.69) is 27.7 Å². The number of carbonyl (C=O) groups is 2. The molecule has 0 aliphatic heterocycles. The Kier molecular flexibility index (Phi) is 17.3. The first-order valence-electron chi connectivity index (χ1n) is 14.7. The van der Waals surface area contributed by atoms with Gasteiger partial charge in [0.05, 0.1) is 13.2 Å². The molecule has 0 amide bonds. The summed E-state index contributed by atoms with van der Waals surface area (Å²) in [6.07, 6.45) is 15.5. The highest BCUT2D eigenvalue weighted by Crippen LogP contribution is 2.41. The number of unbranched alkanes of at least 4 members (excludes halogenated alkanes) is 2. The van der Waals surface area contributed by atoms with Crippen LogP contribution in [0.2, 0.25) is 0 Å². The fraction of sp³-hybridized carbons (Fsp3) is 0.471. The smallest absolute Gasteiger partial charge is 0.330 e. The lowest BCUT2D eigenvalue weighted by molar-refractivity contribution is -0.140. The molecule has 6 heteroatoms. The number of hydrogen-bond acceptors (Lipinski definition) is 6. The molecule has 0 saturated carbocycles. The van der Waals surface area contributed by atoms with Gasteiger partial charge in [-0.2, -0.15) is 0 Å². The number of carbonyl (C=O) groups excluding carboxylic acids is 2. The predicted octanol–water partition coefficient (Wildman–Crippen LogP) is 10.0. The number of rotatable bonds is 19. The van der Waals surface area contributed by atoms with Crippen LogP contribution in [0.4, 0.5) is 0 Å². The van der Waals surface area contributed by atoms with Crippen molar-refractivity contribution in [3.8, 4) is 0 Å². The van der Waals surface area contributed by atoms with Gasteiger partial charge in [0, 0.05) is 21.9 Å².